The fourth-order valence-electron chi connectivity index (χ4n) is 2.91. The van der Waals surface area contributed by atoms with E-state index in [9.17, 15) is 9.59 Å². The van der Waals surface area contributed by atoms with Crippen molar-refractivity contribution in [3.05, 3.63) is 81.8 Å². The Morgan fingerprint density at radius 1 is 1.15 bits per heavy atom. The van der Waals surface area contributed by atoms with Crippen LogP contribution in [0.5, 0.6) is 0 Å². The molecule has 138 valence electrons. The van der Waals surface area contributed by atoms with Gasteiger partial charge < -0.3 is 10.3 Å². The van der Waals surface area contributed by atoms with Crippen LogP contribution in [0.4, 0.5) is 0 Å². The molecule has 0 aliphatic carbocycles. The summed E-state index contributed by atoms with van der Waals surface area (Å²) in [5.74, 6) is -0.170. The van der Waals surface area contributed by atoms with Crippen LogP contribution in [0.25, 0.3) is 11.1 Å². The predicted molar refractivity (Wildman–Crippen MR) is 105 cm³/mol. The Balaban J connectivity index is 1.75. The molecule has 0 aliphatic rings. The van der Waals surface area contributed by atoms with Gasteiger partial charge in [0.2, 0.25) is 0 Å². The normalized spacial score (nSPS) is 10.6. The Bertz CT molecular complexity index is 997. The topological polar surface area (TPSA) is 87.7 Å². The SMILES string of the molecule is CCc1cc(-c2cncc(C(=O)NCCc3ccncc3)c2)c(C)[nH]c1=O. The summed E-state index contributed by atoms with van der Waals surface area (Å²) in [6.07, 6.45) is 8.11. The number of hydrogen-bond acceptors (Lipinski definition) is 4. The Morgan fingerprint density at radius 2 is 1.93 bits per heavy atom. The molecule has 0 aliphatic heterocycles. The zero-order chi connectivity index (χ0) is 19.2. The van der Waals surface area contributed by atoms with Crippen molar-refractivity contribution in [1.29, 1.82) is 0 Å². The number of pyridine rings is 3. The summed E-state index contributed by atoms with van der Waals surface area (Å²) in [4.78, 5) is 35.4. The van der Waals surface area contributed by atoms with Crippen LogP contribution in [0.1, 0.15) is 34.1 Å². The predicted octanol–water partition coefficient (Wildman–Crippen LogP) is 2.68. The molecule has 3 aromatic heterocycles. The highest BCUT2D eigenvalue weighted by Crippen LogP contribution is 2.22. The minimum Gasteiger partial charge on any atom is -0.352 e. The van der Waals surface area contributed by atoms with Crippen LogP contribution in [0.3, 0.4) is 0 Å². The van der Waals surface area contributed by atoms with E-state index in [2.05, 4.69) is 20.3 Å². The summed E-state index contributed by atoms with van der Waals surface area (Å²) in [6, 6.07) is 7.53. The summed E-state index contributed by atoms with van der Waals surface area (Å²) in [7, 11) is 0. The second-order valence-electron chi connectivity index (χ2n) is 6.34. The van der Waals surface area contributed by atoms with Gasteiger partial charge in [-0.3, -0.25) is 19.6 Å². The minimum atomic E-state index is -0.170. The Kier molecular flexibility index (Phi) is 5.76. The van der Waals surface area contributed by atoms with Gasteiger partial charge in [-0.1, -0.05) is 6.92 Å². The van der Waals surface area contributed by atoms with E-state index in [1.165, 1.54) is 0 Å². The van der Waals surface area contributed by atoms with Crippen molar-refractivity contribution >= 4 is 5.91 Å². The first-order valence-corrected chi connectivity index (χ1v) is 8.93. The molecule has 0 saturated carbocycles. The lowest BCUT2D eigenvalue weighted by atomic mass is 10.0. The monoisotopic (exact) mass is 362 g/mol. The van der Waals surface area contributed by atoms with Crippen LogP contribution in [-0.2, 0) is 12.8 Å². The number of rotatable bonds is 6. The molecule has 0 spiro atoms. The van der Waals surface area contributed by atoms with E-state index in [0.717, 1.165) is 28.8 Å². The average molecular weight is 362 g/mol. The van der Waals surface area contributed by atoms with Gasteiger partial charge in [0.05, 0.1) is 5.56 Å². The number of aromatic nitrogens is 3. The number of nitrogens with one attached hydrogen (secondary N) is 2. The Hall–Kier alpha value is -3.28. The molecule has 6 heteroatoms. The molecule has 0 bridgehead atoms. The standard InChI is InChI=1S/C21H22N4O2/c1-3-16-11-19(14(2)25-21(16)27)17-10-18(13-23-12-17)20(26)24-9-6-15-4-7-22-8-5-15/h4-5,7-8,10-13H,3,6,9H2,1-2H3,(H,24,26)(H,25,27). The van der Waals surface area contributed by atoms with Crippen molar-refractivity contribution in [1.82, 2.24) is 20.3 Å². The van der Waals surface area contributed by atoms with E-state index in [1.807, 2.05) is 32.0 Å². The van der Waals surface area contributed by atoms with Gasteiger partial charge in [-0.05, 0) is 49.6 Å². The average Bonchev–Trinajstić information content (AvgIpc) is 2.69. The molecule has 0 atom stereocenters. The lowest BCUT2D eigenvalue weighted by Crippen LogP contribution is -2.25. The molecule has 3 heterocycles. The highest BCUT2D eigenvalue weighted by Gasteiger charge is 2.11. The molecular weight excluding hydrogens is 340 g/mol. The van der Waals surface area contributed by atoms with Crippen molar-refractivity contribution in [3.8, 4) is 11.1 Å². The quantitative estimate of drug-likeness (QED) is 0.706. The summed E-state index contributed by atoms with van der Waals surface area (Å²) in [6.45, 7) is 4.32. The minimum absolute atomic E-state index is 0.0725. The van der Waals surface area contributed by atoms with E-state index in [4.69, 9.17) is 0 Å². The van der Waals surface area contributed by atoms with Gasteiger partial charge >= 0.3 is 0 Å². The molecule has 27 heavy (non-hydrogen) atoms. The second kappa shape index (κ2) is 8.40. The first-order valence-electron chi connectivity index (χ1n) is 8.93. The molecular formula is C21H22N4O2. The van der Waals surface area contributed by atoms with Crippen LogP contribution >= 0.6 is 0 Å². The third kappa shape index (κ3) is 4.47. The molecule has 3 aromatic rings. The maximum Gasteiger partial charge on any atom is 0.252 e. The number of amides is 1. The van der Waals surface area contributed by atoms with Gasteiger partial charge in [-0.2, -0.15) is 0 Å². The maximum absolute atomic E-state index is 12.5. The number of carbonyl (C=O) groups is 1. The molecule has 2 N–H and O–H groups in total. The van der Waals surface area contributed by atoms with Gasteiger partial charge in [-0.15, -0.1) is 0 Å². The van der Waals surface area contributed by atoms with Crippen molar-refractivity contribution < 1.29 is 4.79 Å². The number of nitrogens with zero attached hydrogens (tertiary/aromatic N) is 2. The highest BCUT2D eigenvalue weighted by atomic mass is 16.1. The first kappa shape index (κ1) is 18.5. The van der Waals surface area contributed by atoms with Crippen LogP contribution in [0.2, 0.25) is 0 Å². The number of hydrogen-bond donors (Lipinski definition) is 2. The molecule has 1 amide bonds. The third-order valence-corrected chi connectivity index (χ3v) is 4.46. The van der Waals surface area contributed by atoms with E-state index in [-0.39, 0.29) is 11.5 Å². The molecule has 3 rings (SSSR count). The van der Waals surface area contributed by atoms with Crippen LogP contribution in [0.15, 0.2) is 53.8 Å². The molecule has 0 unspecified atom stereocenters. The van der Waals surface area contributed by atoms with Gasteiger partial charge in [0.15, 0.2) is 0 Å². The van der Waals surface area contributed by atoms with Crippen molar-refractivity contribution in [2.24, 2.45) is 0 Å². The Morgan fingerprint density at radius 3 is 2.67 bits per heavy atom. The molecule has 0 aromatic carbocycles. The van der Waals surface area contributed by atoms with Gasteiger partial charge in [0.25, 0.3) is 11.5 Å². The first-order chi connectivity index (χ1) is 13.1. The number of H-pyrrole nitrogens is 1. The van der Waals surface area contributed by atoms with Gasteiger partial charge in [0, 0.05) is 53.7 Å². The summed E-state index contributed by atoms with van der Waals surface area (Å²) >= 11 is 0. The van der Waals surface area contributed by atoms with Crippen molar-refractivity contribution in [2.75, 3.05) is 6.54 Å². The number of aryl methyl sites for hydroxylation is 2. The maximum atomic E-state index is 12.5. The lowest BCUT2D eigenvalue weighted by Gasteiger charge is -2.10. The van der Waals surface area contributed by atoms with E-state index >= 15 is 0 Å². The fourth-order valence-corrected chi connectivity index (χ4v) is 2.91. The summed E-state index contributed by atoms with van der Waals surface area (Å²) in [5, 5.41) is 2.92. The molecule has 0 radical (unpaired) electrons. The van der Waals surface area contributed by atoms with Crippen LogP contribution in [-0.4, -0.2) is 27.4 Å². The lowest BCUT2D eigenvalue weighted by molar-refractivity contribution is 0.0954. The van der Waals surface area contributed by atoms with E-state index < -0.39 is 0 Å². The largest absolute Gasteiger partial charge is 0.352 e. The van der Waals surface area contributed by atoms with E-state index in [1.54, 1.807) is 30.9 Å². The third-order valence-electron chi connectivity index (χ3n) is 4.46. The molecule has 6 nitrogen and oxygen atoms in total. The Labute approximate surface area is 157 Å². The summed E-state index contributed by atoms with van der Waals surface area (Å²) < 4.78 is 0. The fraction of sp³-hybridized carbons (Fsp3) is 0.238. The second-order valence-corrected chi connectivity index (χ2v) is 6.34. The van der Waals surface area contributed by atoms with Crippen LogP contribution < -0.4 is 10.9 Å². The van der Waals surface area contributed by atoms with Gasteiger partial charge in [-0.25, -0.2) is 0 Å². The van der Waals surface area contributed by atoms with Crippen molar-refractivity contribution in [3.63, 3.8) is 0 Å². The molecule has 0 fully saturated rings. The summed E-state index contributed by atoms with van der Waals surface area (Å²) in [5.41, 5.74) is 4.69. The van der Waals surface area contributed by atoms with Crippen LogP contribution in [0, 0.1) is 6.92 Å². The van der Waals surface area contributed by atoms with E-state index in [0.29, 0.717) is 24.1 Å². The van der Waals surface area contributed by atoms with Crippen molar-refractivity contribution in [2.45, 2.75) is 26.7 Å². The zero-order valence-electron chi connectivity index (χ0n) is 15.5. The number of carbonyl (C=O) groups excluding carboxylic acids is 1. The number of aromatic amines is 1. The molecule has 0 saturated heterocycles. The van der Waals surface area contributed by atoms with Gasteiger partial charge in [0.1, 0.15) is 0 Å². The smallest absolute Gasteiger partial charge is 0.252 e. The highest BCUT2D eigenvalue weighted by molar-refractivity contribution is 5.95. The zero-order valence-corrected chi connectivity index (χ0v) is 15.5.